The zero-order chi connectivity index (χ0) is 14.3. The fourth-order valence-electron chi connectivity index (χ4n) is 2.46. The lowest BCUT2D eigenvalue weighted by Gasteiger charge is -2.21. The Labute approximate surface area is 113 Å². The smallest absolute Gasteiger partial charge is 0.182 e. The second kappa shape index (κ2) is 4.94. The van der Waals surface area contributed by atoms with Gasteiger partial charge in [0.1, 0.15) is 30.2 Å². The van der Waals surface area contributed by atoms with E-state index in [4.69, 9.17) is 15.6 Å². The zero-order valence-electron chi connectivity index (χ0n) is 10.5. The zero-order valence-corrected chi connectivity index (χ0v) is 10.5. The van der Waals surface area contributed by atoms with Crippen molar-refractivity contribution in [1.29, 1.82) is 0 Å². The van der Waals surface area contributed by atoms with E-state index in [-0.39, 0.29) is 12.4 Å². The largest absolute Gasteiger partial charge is 0.394 e. The normalized spacial score (nSPS) is 28.1. The number of nitrogens with zero attached hydrogens (tertiary/aromatic N) is 4. The first-order valence-corrected chi connectivity index (χ1v) is 6.15. The van der Waals surface area contributed by atoms with Crippen LogP contribution in [0.25, 0.3) is 11.2 Å². The van der Waals surface area contributed by atoms with E-state index < -0.39 is 31.0 Å². The van der Waals surface area contributed by atoms with Gasteiger partial charge in [-0.3, -0.25) is 0 Å². The Hall–Kier alpha value is -1.81. The molecule has 3 heterocycles. The highest BCUT2D eigenvalue weighted by Gasteiger charge is 2.41. The molecular formula is C11H15N5O4. The quantitative estimate of drug-likeness (QED) is 0.509. The maximum Gasteiger partial charge on any atom is 0.182 e. The summed E-state index contributed by atoms with van der Waals surface area (Å²) in [5.41, 5.74) is 6.75. The van der Waals surface area contributed by atoms with Crippen LogP contribution in [0.15, 0.2) is 12.7 Å². The van der Waals surface area contributed by atoms with Gasteiger partial charge in [0.2, 0.25) is 0 Å². The third-order valence-corrected chi connectivity index (χ3v) is 3.51. The molecule has 0 radical (unpaired) electrons. The molecule has 1 aliphatic heterocycles. The first-order valence-electron chi connectivity index (χ1n) is 6.15. The number of hydrogen-bond acceptors (Lipinski definition) is 8. The summed E-state index contributed by atoms with van der Waals surface area (Å²) >= 11 is 0. The molecule has 5 N–H and O–H groups in total. The number of ether oxygens (including phenoxy) is 1. The minimum atomic E-state index is -1.14. The number of aliphatic hydroxyl groups excluding tert-OH is 3. The van der Waals surface area contributed by atoms with Gasteiger partial charge in [0.25, 0.3) is 0 Å². The van der Waals surface area contributed by atoms with E-state index in [1.54, 1.807) is 4.57 Å². The minimum Gasteiger partial charge on any atom is -0.394 e. The predicted octanol–water partition coefficient (Wildman–Crippen LogP) is -1.94. The predicted molar refractivity (Wildman–Crippen MR) is 67.6 cm³/mol. The standard InChI is InChI=1S/C11H15N5O4/c12-10-7-11(14-3-13-10)15-4-16(7)5-2-20-9(8(5)19)6(18)1-17/h3-6,8-9,17-19H,1-2H2,(H2,12,13,14)/t5-,6-,8+,9-/m1/s1. The van der Waals surface area contributed by atoms with Crippen molar-refractivity contribution >= 4 is 17.0 Å². The van der Waals surface area contributed by atoms with Crippen LogP contribution >= 0.6 is 0 Å². The highest BCUT2D eigenvalue weighted by atomic mass is 16.5. The monoisotopic (exact) mass is 281 g/mol. The molecule has 0 saturated carbocycles. The van der Waals surface area contributed by atoms with Crippen LogP contribution < -0.4 is 5.73 Å². The van der Waals surface area contributed by atoms with Crippen LogP contribution in [-0.4, -0.2) is 66.4 Å². The molecule has 1 fully saturated rings. The van der Waals surface area contributed by atoms with Crippen molar-refractivity contribution < 1.29 is 20.1 Å². The number of rotatable bonds is 3. The maximum atomic E-state index is 10.2. The van der Waals surface area contributed by atoms with Crippen LogP contribution in [0, 0.1) is 0 Å². The molecule has 4 atom stereocenters. The summed E-state index contributed by atoms with van der Waals surface area (Å²) in [4.78, 5) is 12.0. The molecule has 0 aliphatic carbocycles. The lowest BCUT2D eigenvalue weighted by Crippen LogP contribution is -2.39. The van der Waals surface area contributed by atoms with E-state index in [2.05, 4.69) is 15.0 Å². The second-order valence-corrected chi connectivity index (χ2v) is 4.69. The van der Waals surface area contributed by atoms with Gasteiger partial charge in [-0.25, -0.2) is 15.0 Å². The Balaban J connectivity index is 1.97. The van der Waals surface area contributed by atoms with Crippen molar-refractivity contribution in [2.75, 3.05) is 18.9 Å². The molecule has 0 spiro atoms. The van der Waals surface area contributed by atoms with Crippen LogP contribution in [0.4, 0.5) is 5.82 Å². The SMILES string of the molecule is Nc1ncnc2ncn([C@@H]3CO[C@H]([C@H](O)CO)[C@H]3O)c12. The van der Waals surface area contributed by atoms with Crippen molar-refractivity contribution in [2.24, 2.45) is 0 Å². The maximum absolute atomic E-state index is 10.2. The summed E-state index contributed by atoms with van der Waals surface area (Å²) in [7, 11) is 0. The topological polar surface area (TPSA) is 140 Å². The Kier molecular flexibility index (Phi) is 3.26. The van der Waals surface area contributed by atoms with Crippen LogP contribution in [0.3, 0.4) is 0 Å². The minimum absolute atomic E-state index is 0.169. The molecule has 0 amide bonds. The number of imidazole rings is 1. The molecule has 3 rings (SSSR count). The summed E-state index contributed by atoms with van der Waals surface area (Å²) in [6, 6.07) is -0.473. The summed E-state index contributed by atoms with van der Waals surface area (Å²) in [6.07, 6.45) is -0.170. The molecule has 0 aromatic carbocycles. The number of aromatic nitrogens is 4. The molecule has 0 bridgehead atoms. The third kappa shape index (κ3) is 1.91. The van der Waals surface area contributed by atoms with E-state index in [1.165, 1.54) is 12.7 Å². The van der Waals surface area contributed by atoms with E-state index in [0.717, 1.165) is 0 Å². The molecule has 108 valence electrons. The Morgan fingerprint density at radius 1 is 1.45 bits per heavy atom. The lowest BCUT2D eigenvalue weighted by molar-refractivity contribution is -0.0656. The molecule has 1 aliphatic rings. The van der Waals surface area contributed by atoms with Gasteiger partial charge in [-0.2, -0.15) is 0 Å². The summed E-state index contributed by atoms with van der Waals surface area (Å²) in [5, 5.41) is 28.8. The van der Waals surface area contributed by atoms with Crippen LogP contribution in [-0.2, 0) is 4.74 Å². The second-order valence-electron chi connectivity index (χ2n) is 4.69. The number of nitrogens with two attached hydrogens (primary N) is 1. The Morgan fingerprint density at radius 3 is 3.00 bits per heavy atom. The van der Waals surface area contributed by atoms with Gasteiger partial charge in [0, 0.05) is 0 Å². The van der Waals surface area contributed by atoms with Gasteiger partial charge in [-0.05, 0) is 0 Å². The summed E-state index contributed by atoms with van der Waals surface area (Å²) < 4.78 is 6.99. The average Bonchev–Trinajstić information content (AvgIpc) is 3.02. The molecule has 1 saturated heterocycles. The Bertz CT molecular complexity index is 618. The van der Waals surface area contributed by atoms with Crippen LogP contribution in [0.2, 0.25) is 0 Å². The average molecular weight is 281 g/mol. The van der Waals surface area contributed by atoms with Crippen molar-refractivity contribution in [3.63, 3.8) is 0 Å². The van der Waals surface area contributed by atoms with Gasteiger partial charge >= 0.3 is 0 Å². The number of nitrogen functional groups attached to an aromatic ring is 1. The van der Waals surface area contributed by atoms with E-state index >= 15 is 0 Å². The number of hydrogen-bond donors (Lipinski definition) is 4. The van der Waals surface area contributed by atoms with Gasteiger partial charge in [0.15, 0.2) is 11.5 Å². The highest BCUT2D eigenvalue weighted by Crippen LogP contribution is 2.30. The van der Waals surface area contributed by atoms with Gasteiger partial charge in [0.05, 0.1) is 25.6 Å². The lowest BCUT2D eigenvalue weighted by atomic mass is 10.0. The highest BCUT2D eigenvalue weighted by molar-refractivity contribution is 5.81. The fraction of sp³-hybridized carbons (Fsp3) is 0.545. The van der Waals surface area contributed by atoms with Gasteiger partial charge in [-0.15, -0.1) is 0 Å². The molecule has 9 nitrogen and oxygen atoms in total. The van der Waals surface area contributed by atoms with Crippen molar-refractivity contribution in [3.05, 3.63) is 12.7 Å². The van der Waals surface area contributed by atoms with Gasteiger partial charge in [-0.1, -0.05) is 0 Å². The summed E-state index contributed by atoms with van der Waals surface area (Å²) in [5.74, 6) is 0.255. The third-order valence-electron chi connectivity index (χ3n) is 3.51. The number of anilines is 1. The van der Waals surface area contributed by atoms with Crippen molar-refractivity contribution in [3.8, 4) is 0 Å². The Morgan fingerprint density at radius 2 is 2.25 bits per heavy atom. The van der Waals surface area contributed by atoms with Crippen molar-refractivity contribution in [1.82, 2.24) is 19.5 Å². The van der Waals surface area contributed by atoms with E-state index in [0.29, 0.717) is 11.2 Å². The first kappa shape index (κ1) is 13.2. The molecular weight excluding hydrogens is 266 g/mol. The molecule has 9 heteroatoms. The molecule has 2 aromatic rings. The van der Waals surface area contributed by atoms with Gasteiger partial charge < -0.3 is 30.4 Å². The first-order chi connectivity index (χ1) is 9.63. The fourth-order valence-corrected chi connectivity index (χ4v) is 2.46. The number of fused-ring (bicyclic) bond motifs is 1. The molecule has 2 aromatic heterocycles. The van der Waals surface area contributed by atoms with Crippen LogP contribution in [0.1, 0.15) is 6.04 Å². The molecule has 0 unspecified atom stereocenters. The van der Waals surface area contributed by atoms with Crippen LogP contribution in [0.5, 0.6) is 0 Å². The van der Waals surface area contributed by atoms with Crippen molar-refractivity contribution in [2.45, 2.75) is 24.4 Å². The number of aliphatic hydroxyl groups is 3. The molecule has 20 heavy (non-hydrogen) atoms. The van der Waals surface area contributed by atoms with E-state index in [9.17, 15) is 10.2 Å². The van der Waals surface area contributed by atoms with E-state index in [1.807, 2.05) is 0 Å². The summed E-state index contributed by atoms with van der Waals surface area (Å²) in [6.45, 7) is -0.312.